The predicted molar refractivity (Wildman–Crippen MR) is 86.5 cm³/mol. The van der Waals surface area contributed by atoms with Crippen LogP contribution in [0.3, 0.4) is 0 Å². The van der Waals surface area contributed by atoms with Crippen molar-refractivity contribution in [2.75, 3.05) is 17.7 Å². The molecule has 0 heterocycles. The van der Waals surface area contributed by atoms with Gasteiger partial charge in [-0.15, -0.1) is 0 Å². The first-order valence-corrected chi connectivity index (χ1v) is 7.01. The molecule has 2 aromatic carbocycles. The summed E-state index contributed by atoms with van der Waals surface area (Å²) in [5.41, 5.74) is 2.31. The van der Waals surface area contributed by atoms with Crippen molar-refractivity contribution in [3.63, 3.8) is 0 Å². The first kappa shape index (κ1) is 15.2. The molecule has 0 aliphatic rings. The molecule has 0 bridgehead atoms. The summed E-state index contributed by atoms with van der Waals surface area (Å²) in [6, 6.07) is 12.4. The lowest BCUT2D eigenvalue weighted by atomic mass is 10.1. The number of methoxy groups -OCH3 is 1. The highest BCUT2D eigenvalue weighted by Crippen LogP contribution is 2.26. The summed E-state index contributed by atoms with van der Waals surface area (Å²) in [6.45, 7) is 2.06. The zero-order chi connectivity index (χ0) is 15.2. The van der Waals surface area contributed by atoms with E-state index in [1.807, 2.05) is 18.2 Å². The Bertz CT molecular complexity index is 644. The molecule has 2 amide bonds. The molecule has 4 nitrogen and oxygen atoms in total. The van der Waals surface area contributed by atoms with Crippen LogP contribution in [0.25, 0.3) is 0 Å². The highest BCUT2D eigenvalue weighted by Gasteiger charge is 2.09. The molecule has 2 N–H and O–H groups in total. The van der Waals surface area contributed by atoms with Gasteiger partial charge in [0.1, 0.15) is 5.75 Å². The number of aryl methyl sites for hydroxylation is 1. The molecule has 0 aromatic heterocycles. The second kappa shape index (κ2) is 6.99. The van der Waals surface area contributed by atoms with Gasteiger partial charge in [0.2, 0.25) is 0 Å². The number of urea groups is 1. The van der Waals surface area contributed by atoms with E-state index in [1.165, 1.54) is 0 Å². The van der Waals surface area contributed by atoms with Crippen LogP contribution >= 0.6 is 11.6 Å². The van der Waals surface area contributed by atoms with E-state index in [0.717, 1.165) is 12.0 Å². The van der Waals surface area contributed by atoms with Gasteiger partial charge in [0, 0.05) is 0 Å². The van der Waals surface area contributed by atoms with Gasteiger partial charge in [-0.1, -0.05) is 36.7 Å². The van der Waals surface area contributed by atoms with Crippen LogP contribution in [0.2, 0.25) is 5.02 Å². The predicted octanol–water partition coefficient (Wildman–Crippen LogP) is 4.56. The highest BCUT2D eigenvalue weighted by molar-refractivity contribution is 6.33. The summed E-state index contributed by atoms with van der Waals surface area (Å²) in [5.74, 6) is 0.628. The number of hydrogen-bond acceptors (Lipinski definition) is 2. The molecule has 0 saturated carbocycles. The maximum absolute atomic E-state index is 12.0. The number of nitrogens with one attached hydrogen (secondary N) is 2. The van der Waals surface area contributed by atoms with Crippen molar-refractivity contribution in [2.45, 2.75) is 13.3 Å². The molecule has 2 rings (SSSR count). The molecule has 2 aromatic rings. The number of hydrogen-bond donors (Lipinski definition) is 2. The smallest absolute Gasteiger partial charge is 0.323 e. The minimum atomic E-state index is -0.370. The molecule has 5 heteroatoms. The summed E-state index contributed by atoms with van der Waals surface area (Å²) in [6.07, 6.45) is 0.905. The molecule has 0 radical (unpaired) electrons. The van der Waals surface area contributed by atoms with Crippen molar-refractivity contribution in [3.05, 3.63) is 53.1 Å². The fraction of sp³-hybridized carbons (Fsp3) is 0.188. The first-order chi connectivity index (χ1) is 10.1. The van der Waals surface area contributed by atoms with E-state index >= 15 is 0 Å². The topological polar surface area (TPSA) is 50.4 Å². The van der Waals surface area contributed by atoms with Crippen molar-refractivity contribution < 1.29 is 9.53 Å². The number of carbonyl (C=O) groups excluding carboxylic acids is 1. The molecule has 0 aliphatic carbocycles. The number of halogens is 1. The van der Waals surface area contributed by atoms with Crippen LogP contribution in [-0.2, 0) is 6.42 Å². The van der Waals surface area contributed by atoms with Crippen LogP contribution in [-0.4, -0.2) is 13.1 Å². The monoisotopic (exact) mass is 304 g/mol. The van der Waals surface area contributed by atoms with Crippen LogP contribution in [0.4, 0.5) is 16.2 Å². The average Bonchev–Trinajstić information content (AvgIpc) is 2.50. The van der Waals surface area contributed by atoms with Crippen molar-refractivity contribution >= 4 is 29.0 Å². The van der Waals surface area contributed by atoms with E-state index < -0.39 is 0 Å². The molecular weight excluding hydrogens is 288 g/mol. The minimum Gasteiger partial charge on any atom is -0.495 e. The summed E-state index contributed by atoms with van der Waals surface area (Å²) in [5, 5.41) is 5.94. The number of amides is 2. The quantitative estimate of drug-likeness (QED) is 0.870. The van der Waals surface area contributed by atoms with Crippen molar-refractivity contribution in [2.24, 2.45) is 0 Å². The zero-order valence-corrected chi connectivity index (χ0v) is 12.7. The van der Waals surface area contributed by atoms with Crippen molar-refractivity contribution in [3.8, 4) is 5.75 Å². The Labute approximate surface area is 129 Å². The lowest BCUT2D eigenvalue weighted by Crippen LogP contribution is -2.20. The number of rotatable bonds is 4. The Morgan fingerprint density at radius 2 is 1.86 bits per heavy atom. The van der Waals surface area contributed by atoms with Gasteiger partial charge in [-0.3, -0.25) is 0 Å². The van der Waals surface area contributed by atoms with E-state index in [1.54, 1.807) is 31.4 Å². The van der Waals surface area contributed by atoms with Gasteiger partial charge in [-0.05, 0) is 36.2 Å². The third-order valence-electron chi connectivity index (χ3n) is 3.04. The Morgan fingerprint density at radius 3 is 2.52 bits per heavy atom. The fourth-order valence-electron chi connectivity index (χ4n) is 1.90. The molecular formula is C16H17ClN2O2. The summed E-state index contributed by atoms with van der Waals surface area (Å²) in [4.78, 5) is 12.0. The van der Waals surface area contributed by atoms with E-state index in [0.29, 0.717) is 22.1 Å². The van der Waals surface area contributed by atoms with Gasteiger partial charge in [0.05, 0.1) is 23.5 Å². The number of benzene rings is 2. The van der Waals surface area contributed by atoms with Crippen LogP contribution in [0, 0.1) is 0 Å². The van der Waals surface area contributed by atoms with Crippen LogP contribution in [0.15, 0.2) is 42.5 Å². The molecule has 0 unspecified atom stereocenters. The van der Waals surface area contributed by atoms with Gasteiger partial charge >= 0.3 is 6.03 Å². The number of para-hydroxylation sites is 1. The second-order valence-electron chi connectivity index (χ2n) is 4.45. The van der Waals surface area contributed by atoms with E-state index in [9.17, 15) is 4.79 Å². The third kappa shape index (κ3) is 3.89. The molecule has 0 saturated heterocycles. The summed E-state index contributed by atoms with van der Waals surface area (Å²) >= 11 is 6.00. The van der Waals surface area contributed by atoms with Gasteiger partial charge in [-0.2, -0.15) is 0 Å². The van der Waals surface area contributed by atoms with E-state index in [4.69, 9.17) is 16.3 Å². The minimum absolute atomic E-state index is 0.370. The Hall–Kier alpha value is -2.20. The first-order valence-electron chi connectivity index (χ1n) is 6.63. The van der Waals surface area contributed by atoms with Gasteiger partial charge < -0.3 is 15.4 Å². The molecule has 0 spiro atoms. The van der Waals surface area contributed by atoms with Gasteiger partial charge in [0.25, 0.3) is 0 Å². The summed E-state index contributed by atoms with van der Waals surface area (Å²) in [7, 11) is 1.58. The van der Waals surface area contributed by atoms with Crippen molar-refractivity contribution in [1.82, 2.24) is 0 Å². The fourth-order valence-corrected chi connectivity index (χ4v) is 2.08. The van der Waals surface area contributed by atoms with Gasteiger partial charge in [-0.25, -0.2) is 4.79 Å². The van der Waals surface area contributed by atoms with Crippen LogP contribution in [0.1, 0.15) is 12.5 Å². The lowest BCUT2D eigenvalue weighted by Gasteiger charge is -2.13. The van der Waals surface area contributed by atoms with E-state index in [2.05, 4.69) is 17.6 Å². The lowest BCUT2D eigenvalue weighted by molar-refractivity contribution is 0.262. The largest absolute Gasteiger partial charge is 0.495 e. The molecule has 0 fully saturated rings. The highest BCUT2D eigenvalue weighted by atomic mass is 35.5. The Balaban J connectivity index is 2.11. The van der Waals surface area contributed by atoms with Crippen LogP contribution < -0.4 is 15.4 Å². The van der Waals surface area contributed by atoms with Gasteiger partial charge in [0.15, 0.2) is 0 Å². The second-order valence-corrected chi connectivity index (χ2v) is 4.85. The van der Waals surface area contributed by atoms with Crippen LogP contribution in [0.5, 0.6) is 5.75 Å². The SMILES string of the molecule is CCc1ccc(NC(=O)Nc2ccccc2Cl)c(OC)c1. The molecule has 110 valence electrons. The van der Waals surface area contributed by atoms with E-state index in [-0.39, 0.29) is 6.03 Å². The zero-order valence-electron chi connectivity index (χ0n) is 11.9. The Kier molecular flexibility index (Phi) is 5.06. The maximum Gasteiger partial charge on any atom is 0.323 e. The Morgan fingerprint density at radius 1 is 1.14 bits per heavy atom. The summed E-state index contributed by atoms with van der Waals surface area (Å²) < 4.78 is 5.29. The number of ether oxygens (including phenoxy) is 1. The standard InChI is InChI=1S/C16H17ClN2O2/c1-3-11-8-9-14(15(10-11)21-2)19-16(20)18-13-7-5-4-6-12(13)17/h4-10H,3H2,1-2H3,(H2,18,19,20). The third-order valence-corrected chi connectivity index (χ3v) is 3.37. The maximum atomic E-state index is 12.0. The van der Waals surface area contributed by atoms with Crippen molar-refractivity contribution in [1.29, 1.82) is 0 Å². The molecule has 0 aliphatic heterocycles. The molecule has 21 heavy (non-hydrogen) atoms. The average molecular weight is 305 g/mol. The molecule has 0 atom stereocenters. The number of anilines is 2. The normalized spacial score (nSPS) is 10.0. The number of carbonyl (C=O) groups is 1.